The first-order valence-corrected chi connectivity index (χ1v) is 6.81. The van der Waals surface area contributed by atoms with Crippen LogP contribution in [-0.4, -0.2) is 35.3 Å². The molecule has 104 valence electrons. The maximum Gasteiger partial charge on any atom is 0.379 e. The average Bonchev–Trinajstić information content (AvgIpc) is 2.61. The molecule has 1 aliphatic rings. The highest BCUT2D eigenvalue weighted by Gasteiger charge is 2.50. The lowest BCUT2D eigenvalue weighted by molar-refractivity contribution is -0.0557. The second-order valence-electron chi connectivity index (χ2n) is 5.34. The van der Waals surface area contributed by atoms with Gasteiger partial charge in [-0.1, -0.05) is 12.1 Å². The Balaban J connectivity index is 2.34. The average molecular weight is 283 g/mol. The molecule has 1 saturated heterocycles. The zero-order valence-electron chi connectivity index (χ0n) is 11.4. The van der Waals surface area contributed by atoms with Gasteiger partial charge >= 0.3 is 7.05 Å². The molecule has 1 N–H and O–H groups in total. The van der Waals surface area contributed by atoms with Crippen LogP contribution >= 0.6 is 12.6 Å². The van der Waals surface area contributed by atoms with Crippen molar-refractivity contribution in [3.05, 3.63) is 29.8 Å². The number of halogens is 1. The fraction of sp³-hybridized carbons (Fsp3) is 0.538. The molecule has 0 unspecified atom stereocenters. The summed E-state index contributed by atoms with van der Waals surface area (Å²) in [4.78, 5) is 2.52. The van der Waals surface area contributed by atoms with E-state index in [2.05, 4.69) is 12.6 Å². The number of thiol groups is 1. The Morgan fingerprint density at radius 2 is 2.00 bits per heavy atom. The topological polar surface area (TPSA) is 32.7 Å². The van der Waals surface area contributed by atoms with Crippen molar-refractivity contribution in [1.29, 1.82) is 0 Å². The van der Waals surface area contributed by atoms with E-state index in [1.54, 1.807) is 11.6 Å². The van der Waals surface area contributed by atoms with Crippen LogP contribution in [0.5, 0.6) is 0 Å². The van der Waals surface area contributed by atoms with Gasteiger partial charge in [0.05, 0.1) is 6.04 Å². The van der Waals surface area contributed by atoms with Crippen molar-refractivity contribution in [2.24, 2.45) is 0 Å². The van der Waals surface area contributed by atoms with Gasteiger partial charge in [-0.05, 0) is 38.4 Å². The van der Waals surface area contributed by atoms with Crippen LogP contribution in [0.1, 0.15) is 25.5 Å². The van der Waals surface area contributed by atoms with Crippen LogP contribution in [0.2, 0.25) is 6.82 Å². The molecule has 3 nitrogen and oxygen atoms in total. The van der Waals surface area contributed by atoms with Gasteiger partial charge in [-0.2, -0.15) is 0 Å². The van der Waals surface area contributed by atoms with Gasteiger partial charge in [0.25, 0.3) is 0 Å². The molecule has 2 atom stereocenters. The monoisotopic (exact) mass is 283 g/mol. The van der Waals surface area contributed by atoms with Crippen LogP contribution in [0, 0.1) is 0 Å². The zero-order chi connectivity index (χ0) is 14.2. The summed E-state index contributed by atoms with van der Waals surface area (Å²) in [7, 11) is -0.759. The van der Waals surface area contributed by atoms with Crippen molar-refractivity contribution in [3.63, 3.8) is 0 Å². The van der Waals surface area contributed by atoms with E-state index < -0.39 is 25.5 Å². The van der Waals surface area contributed by atoms with Gasteiger partial charge in [-0.15, -0.1) is 12.6 Å². The summed E-state index contributed by atoms with van der Waals surface area (Å²) in [6.07, 6.45) is -0.386. The third-order valence-corrected chi connectivity index (χ3v) is 3.82. The SMILES string of the molecule is CB(O)N1[C@H](CF)[C@@H](c2ccc(S)cc2)OC1(C)C. The summed E-state index contributed by atoms with van der Waals surface area (Å²) in [5.74, 6) is 0. The fourth-order valence-electron chi connectivity index (χ4n) is 2.83. The van der Waals surface area contributed by atoms with Crippen LogP contribution in [0.15, 0.2) is 29.2 Å². The molecule has 6 heteroatoms. The highest BCUT2D eigenvalue weighted by Crippen LogP contribution is 2.41. The molecule has 1 fully saturated rings. The van der Waals surface area contributed by atoms with Crippen LogP contribution < -0.4 is 0 Å². The van der Waals surface area contributed by atoms with E-state index in [1.807, 2.05) is 38.1 Å². The van der Waals surface area contributed by atoms with E-state index in [0.29, 0.717) is 0 Å². The lowest BCUT2D eigenvalue weighted by Gasteiger charge is -2.33. The molecular formula is C13H19BFNO2S. The van der Waals surface area contributed by atoms with E-state index in [1.165, 1.54) is 0 Å². The highest BCUT2D eigenvalue weighted by atomic mass is 32.1. The number of hydrogen-bond donors (Lipinski definition) is 2. The van der Waals surface area contributed by atoms with Gasteiger partial charge in [0.15, 0.2) is 0 Å². The number of nitrogens with zero attached hydrogens (tertiary/aromatic N) is 1. The summed E-state index contributed by atoms with van der Waals surface area (Å²) >= 11 is 4.24. The van der Waals surface area contributed by atoms with E-state index in [4.69, 9.17) is 4.74 Å². The molecule has 0 radical (unpaired) electrons. The van der Waals surface area contributed by atoms with Crippen LogP contribution in [0.25, 0.3) is 0 Å². The van der Waals surface area contributed by atoms with Crippen molar-refractivity contribution in [2.75, 3.05) is 6.67 Å². The Hall–Kier alpha value is -0.555. The smallest absolute Gasteiger partial charge is 0.379 e. The number of alkyl halides is 1. The van der Waals surface area contributed by atoms with Crippen molar-refractivity contribution >= 4 is 19.7 Å². The first kappa shape index (κ1) is 14.8. The number of ether oxygens (including phenoxy) is 1. The summed E-state index contributed by atoms with van der Waals surface area (Å²) in [5.41, 5.74) is 0.201. The van der Waals surface area contributed by atoms with Gasteiger partial charge in [0.2, 0.25) is 0 Å². The van der Waals surface area contributed by atoms with Crippen LogP contribution in [-0.2, 0) is 4.74 Å². The lowest BCUT2D eigenvalue weighted by atomic mass is 9.80. The Morgan fingerprint density at radius 1 is 1.42 bits per heavy atom. The maximum absolute atomic E-state index is 13.4. The normalized spacial score (nSPS) is 26.6. The van der Waals surface area contributed by atoms with Crippen molar-refractivity contribution < 1.29 is 14.2 Å². The zero-order valence-corrected chi connectivity index (χ0v) is 12.3. The quantitative estimate of drug-likeness (QED) is 0.660. The predicted octanol–water partition coefficient (Wildman–Crippen LogP) is 2.53. The summed E-state index contributed by atoms with van der Waals surface area (Å²) in [6.45, 7) is 4.75. The minimum Gasteiger partial charge on any atom is -0.437 e. The number of rotatable bonds is 3. The molecule has 0 amide bonds. The largest absolute Gasteiger partial charge is 0.437 e. The van der Waals surface area contributed by atoms with E-state index in [-0.39, 0.29) is 6.10 Å². The molecule has 0 aliphatic carbocycles. The lowest BCUT2D eigenvalue weighted by Crippen LogP contribution is -2.52. The van der Waals surface area contributed by atoms with Gasteiger partial charge in [-0.3, -0.25) is 4.81 Å². The van der Waals surface area contributed by atoms with Crippen LogP contribution in [0.3, 0.4) is 0 Å². The highest BCUT2D eigenvalue weighted by molar-refractivity contribution is 7.80. The molecule has 0 aromatic heterocycles. The van der Waals surface area contributed by atoms with Gasteiger partial charge in [0, 0.05) is 4.90 Å². The molecule has 19 heavy (non-hydrogen) atoms. The molecule has 1 aromatic carbocycles. The molecule has 2 rings (SSSR count). The minimum absolute atomic E-state index is 0.386. The third kappa shape index (κ3) is 2.82. The Morgan fingerprint density at radius 3 is 2.47 bits per heavy atom. The van der Waals surface area contributed by atoms with Crippen molar-refractivity contribution in [3.8, 4) is 0 Å². The standard InChI is InChI=1S/C13H19BFNO2S/c1-13(2)16(14(3)17)11(8-15)12(18-13)9-4-6-10(19)7-5-9/h4-7,11-12,17,19H,8H2,1-3H3/t11-,12-/m1/s1. The van der Waals surface area contributed by atoms with Crippen LogP contribution in [0.4, 0.5) is 4.39 Å². The molecule has 0 saturated carbocycles. The second kappa shape index (κ2) is 5.44. The predicted molar refractivity (Wildman–Crippen MR) is 77.0 cm³/mol. The van der Waals surface area contributed by atoms with Crippen molar-refractivity contribution in [1.82, 2.24) is 4.81 Å². The Labute approximate surface area is 119 Å². The minimum atomic E-state index is -0.759. The first-order valence-electron chi connectivity index (χ1n) is 6.36. The van der Waals surface area contributed by atoms with Gasteiger partial charge in [-0.25, -0.2) is 4.39 Å². The summed E-state index contributed by atoms with van der Waals surface area (Å²) in [6, 6.07) is 7.00. The fourth-order valence-corrected chi connectivity index (χ4v) is 2.98. The van der Waals surface area contributed by atoms with Crippen molar-refractivity contribution in [2.45, 2.75) is 43.4 Å². The first-order chi connectivity index (χ1) is 8.86. The maximum atomic E-state index is 13.4. The van der Waals surface area contributed by atoms with Gasteiger partial charge in [0.1, 0.15) is 18.5 Å². The second-order valence-corrected chi connectivity index (χ2v) is 5.85. The molecule has 0 bridgehead atoms. The number of benzene rings is 1. The molecule has 0 spiro atoms. The third-order valence-electron chi connectivity index (χ3n) is 3.53. The molecule has 1 heterocycles. The molecule has 1 aliphatic heterocycles. The summed E-state index contributed by atoms with van der Waals surface area (Å²) < 4.78 is 19.4. The molecule has 1 aromatic rings. The number of hydrogen-bond acceptors (Lipinski definition) is 4. The van der Waals surface area contributed by atoms with E-state index in [0.717, 1.165) is 10.5 Å². The Kier molecular flexibility index (Phi) is 4.25. The molecular weight excluding hydrogens is 264 g/mol. The summed E-state index contributed by atoms with van der Waals surface area (Å²) in [5, 5.41) is 9.87. The van der Waals surface area contributed by atoms with Gasteiger partial charge < -0.3 is 9.76 Å². The van der Waals surface area contributed by atoms with E-state index >= 15 is 0 Å². The van der Waals surface area contributed by atoms with E-state index in [9.17, 15) is 9.41 Å². The Bertz CT molecular complexity index is 441.